The van der Waals surface area contributed by atoms with Gasteiger partial charge in [0.2, 0.25) is 5.91 Å². The Balaban J connectivity index is 1.88. The highest BCUT2D eigenvalue weighted by atomic mass is 79.9. The Morgan fingerprint density at radius 3 is 2.21 bits per heavy atom. The average Bonchev–Trinajstić information content (AvgIpc) is 2.84. The van der Waals surface area contributed by atoms with E-state index >= 15 is 0 Å². The summed E-state index contributed by atoms with van der Waals surface area (Å²) in [5.74, 6) is 0.0942. The lowest BCUT2D eigenvalue weighted by Crippen LogP contribution is -2.51. The Hall–Kier alpha value is -2.83. The molecule has 0 aliphatic rings. The van der Waals surface area contributed by atoms with Crippen LogP contribution in [0.15, 0.2) is 71.2 Å². The molecule has 0 spiro atoms. The Kier molecular flexibility index (Phi) is 9.13. The predicted molar refractivity (Wildman–Crippen MR) is 139 cm³/mol. The van der Waals surface area contributed by atoms with Gasteiger partial charge in [0.05, 0.1) is 0 Å². The molecule has 0 radical (unpaired) electrons. The summed E-state index contributed by atoms with van der Waals surface area (Å²) in [6.07, 6.45) is 0.385. The molecule has 3 aromatic rings. The highest BCUT2D eigenvalue weighted by Crippen LogP contribution is 2.26. The lowest BCUT2D eigenvalue weighted by molar-refractivity contribution is -0.142. The van der Waals surface area contributed by atoms with Crippen molar-refractivity contribution in [1.29, 1.82) is 0 Å². The van der Waals surface area contributed by atoms with Crippen LogP contribution in [0.2, 0.25) is 5.02 Å². The van der Waals surface area contributed by atoms with Crippen molar-refractivity contribution in [1.82, 2.24) is 10.2 Å². The summed E-state index contributed by atoms with van der Waals surface area (Å²) in [4.78, 5) is 28.0. The molecule has 0 unspecified atom stereocenters. The van der Waals surface area contributed by atoms with Crippen molar-refractivity contribution >= 4 is 39.3 Å². The van der Waals surface area contributed by atoms with Crippen LogP contribution in [0, 0.1) is 13.8 Å². The monoisotopic (exact) mass is 542 g/mol. The Bertz CT molecular complexity index is 1110. The zero-order valence-electron chi connectivity index (χ0n) is 19.5. The maximum Gasteiger partial charge on any atom is 0.261 e. The van der Waals surface area contributed by atoms with Crippen molar-refractivity contribution in [3.05, 3.63) is 98.5 Å². The number of halogens is 2. The SMILES string of the molecule is CNC(=O)[C@@H](Cc1ccccc1)N(Cc1ccc(Cl)cc1)C(=O)COc1cc(C)c(Br)c(C)c1. The number of hydrogen-bond donors (Lipinski definition) is 1. The first-order valence-electron chi connectivity index (χ1n) is 11.0. The predicted octanol–water partition coefficient (Wildman–Crippen LogP) is 5.48. The van der Waals surface area contributed by atoms with Crippen LogP contribution in [0.1, 0.15) is 22.3 Å². The summed E-state index contributed by atoms with van der Waals surface area (Å²) >= 11 is 9.59. The number of aryl methyl sites for hydroxylation is 2. The van der Waals surface area contributed by atoms with Crippen LogP contribution >= 0.6 is 27.5 Å². The van der Waals surface area contributed by atoms with Crippen molar-refractivity contribution in [2.75, 3.05) is 13.7 Å². The highest BCUT2D eigenvalue weighted by molar-refractivity contribution is 9.10. The topological polar surface area (TPSA) is 58.6 Å². The van der Waals surface area contributed by atoms with Gasteiger partial charge in [0.15, 0.2) is 6.61 Å². The minimum atomic E-state index is -0.701. The number of nitrogens with zero attached hydrogens (tertiary/aromatic N) is 1. The Labute approximate surface area is 214 Å². The van der Waals surface area contributed by atoms with E-state index in [1.807, 2.05) is 68.4 Å². The van der Waals surface area contributed by atoms with Crippen molar-refractivity contribution in [3.8, 4) is 5.75 Å². The molecule has 0 aliphatic carbocycles. The van der Waals surface area contributed by atoms with Gasteiger partial charge in [-0.3, -0.25) is 9.59 Å². The first-order valence-corrected chi connectivity index (χ1v) is 12.1. The smallest absolute Gasteiger partial charge is 0.261 e. The number of rotatable bonds is 9. The molecule has 2 amide bonds. The number of benzene rings is 3. The lowest BCUT2D eigenvalue weighted by Gasteiger charge is -2.31. The molecule has 0 fully saturated rings. The van der Waals surface area contributed by atoms with Gasteiger partial charge in [0.25, 0.3) is 5.91 Å². The first-order chi connectivity index (χ1) is 16.3. The average molecular weight is 544 g/mol. The van der Waals surface area contributed by atoms with Gasteiger partial charge < -0.3 is 15.0 Å². The molecule has 7 heteroatoms. The van der Waals surface area contributed by atoms with Gasteiger partial charge in [0.1, 0.15) is 11.8 Å². The van der Waals surface area contributed by atoms with Gasteiger partial charge >= 0.3 is 0 Å². The van der Waals surface area contributed by atoms with E-state index in [1.54, 1.807) is 24.1 Å². The van der Waals surface area contributed by atoms with Crippen LogP contribution in [0.5, 0.6) is 5.75 Å². The van der Waals surface area contributed by atoms with E-state index in [-0.39, 0.29) is 25.0 Å². The van der Waals surface area contributed by atoms with Crippen LogP contribution in [0.4, 0.5) is 0 Å². The summed E-state index contributed by atoms with van der Waals surface area (Å²) in [6.45, 7) is 4.01. The molecule has 3 rings (SSSR count). The Morgan fingerprint density at radius 2 is 1.62 bits per heavy atom. The maximum absolute atomic E-state index is 13.5. The third-order valence-electron chi connectivity index (χ3n) is 5.56. The van der Waals surface area contributed by atoms with E-state index in [2.05, 4.69) is 21.2 Å². The fourth-order valence-electron chi connectivity index (χ4n) is 3.72. The van der Waals surface area contributed by atoms with Crippen LogP contribution in [-0.2, 0) is 22.6 Å². The maximum atomic E-state index is 13.5. The zero-order chi connectivity index (χ0) is 24.7. The molecule has 0 aliphatic heterocycles. The van der Waals surface area contributed by atoms with Crippen molar-refractivity contribution < 1.29 is 14.3 Å². The molecular formula is C27H28BrClN2O3. The third kappa shape index (κ3) is 6.84. The number of amides is 2. The molecule has 0 saturated heterocycles. The summed E-state index contributed by atoms with van der Waals surface area (Å²) in [5.41, 5.74) is 3.88. The minimum Gasteiger partial charge on any atom is -0.484 e. The standard InChI is InChI=1S/C27H28BrClN2O3/c1-18-13-23(14-19(2)26(18)28)34-17-25(32)31(16-21-9-11-22(29)12-10-21)24(27(33)30-3)15-20-7-5-4-6-8-20/h4-14,24H,15-17H2,1-3H3,(H,30,33)/t24-/m1/s1. The molecule has 1 atom stereocenters. The quantitative estimate of drug-likeness (QED) is 0.389. The van der Waals surface area contributed by atoms with Crippen LogP contribution < -0.4 is 10.1 Å². The van der Waals surface area contributed by atoms with Crippen LogP contribution in [0.25, 0.3) is 0 Å². The third-order valence-corrected chi connectivity index (χ3v) is 7.06. The van der Waals surface area contributed by atoms with E-state index in [0.717, 1.165) is 26.7 Å². The summed E-state index contributed by atoms with van der Waals surface area (Å²) in [5, 5.41) is 3.32. The van der Waals surface area contributed by atoms with E-state index in [4.69, 9.17) is 16.3 Å². The van der Waals surface area contributed by atoms with Gasteiger partial charge in [0, 0.05) is 29.5 Å². The van der Waals surface area contributed by atoms with Gasteiger partial charge in [-0.2, -0.15) is 0 Å². The molecule has 34 heavy (non-hydrogen) atoms. The van der Waals surface area contributed by atoms with E-state index in [0.29, 0.717) is 17.2 Å². The minimum absolute atomic E-state index is 0.184. The van der Waals surface area contributed by atoms with Crippen LogP contribution in [0.3, 0.4) is 0 Å². The number of carbonyl (C=O) groups excluding carboxylic acids is 2. The summed E-state index contributed by atoms with van der Waals surface area (Å²) in [7, 11) is 1.58. The van der Waals surface area contributed by atoms with E-state index in [9.17, 15) is 9.59 Å². The molecule has 0 aromatic heterocycles. The van der Waals surface area contributed by atoms with Gasteiger partial charge in [-0.05, 0) is 60.4 Å². The molecular weight excluding hydrogens is 516 g/mol. The molecule has 5 nitrogen and oxygen atoms in total. The first kappa shape index (κ1) is 25.8. The second kappa shape index (κ2) is 12.0. The lowest BCUT2D eigenvalue weighted by atomic mass is 10.0. The van der Waals surface area contributed by atoms with Gasteiger partial charge in [-0.25, -0.2) is 0 Å². The molecule has 1 N–H and O–H groups in total. The number of carbonyl (C=O) groups is 2. The van der Waals surface area contributed by atoms with Crippen molar-refractivity contribution in [2.45, 2.75) is 32.9 Å². The molecule has 3 aromatic carbocycles. The van der Waals surface area contributed by atoms with Crippen molar-refractivity contribution in [2.24, 2.45) is 0 Å². The van der Waals surface area contributed by atoms with E-state index < -0.39 is 6.04 Å². The highest BCUT2D eigenvalue weighted by Gasteiger charge is 2.30. The largest absolute Gasteiger partial charge is 0.484 e. The van der Waals surface area contributed by atoms with Crippen LogP contribution in [-0.4, -0.2) is 36.4 Å². The fraction of sp³-hybridized carbons (Fsp3) is 0.259. The number of hydrogen-bond acceptors (Lipinski definition) is 3. The normalized spacial score (nSPS) is 11.6. The summed E-state index contributed by atoms with van der Waals surface area (Å²) in [6, 6.07) is 20.0. The molecule has 0 heterocycles. The van der Waals surface area contributed by atoms with Crippen molar-refractivity contribution in [3.63, 3.8) is 0 Å². The van der Waals surface area contributed by atoms with E-state index in [1.165, 1.54) is 0 Å². The second-order valence-electron chi connectivity index (χ2n) is 8.13. The number of ether oxygens (including phenoxy) is 1. The Morgan fingerprint density at radius 1 is 1.00 bits per heavy atom. The number of nitrogens with one attached hydrogen (secondary N) is 1. The second-order valence-corrected chi connectivity index (χ2v) is 9.36. The molecule has 0 bridgehead atoms. The molecule has 178 valence electrons. The number of likely N-dealkylation sites (N-methyl/N-ethyl adjacent to an activating group) is 1. The summed E-state index contributed by atoms with van der Waals surface area (Å²) < 4.78 is 6.88. The fourth-order valence-corrected chi connectivity index (χ4v) is 4.08. The van der Waals surface area contributed by atoms with Gasteiger partial charge in [-0.1, -0.05) is 70.0 Å². The van der Waals surface area contributed by atoms with Gasteiger partial charge in [-0.15, -0.1) is 0 Å². The zero-order valence-corrected chi connectivity index (χ0v) is 21.8. The molecule has 0 saturated carbocycles.